The molecule has 5 nitrogen and oxygen atoms in total. The Morgan fingerprint density at radius 3 is 2.82 bits per heavy atom. The molecule has 1 heterocycles. The second-order valence-electron chi connectivity index (χ2n) is 4.71. The molecule has 0 saturated heterocycles. The first-order valence-electron chi connectivity index (χ1n) is 7.28. The third-order valence-corrected chi connectivity index (χ3v) is 3.96. The van der Waals surface area contributed by atoms with Crippen molar-refractivity contribution in [1.82, 2.24) is 15.6 Å². The summed E-state index contributed by atoms with van der Waals surface area (Å²) >= 11 is 1.69. The Morgan fingerprint density at radius 2 is 2.14 bits per heavy atom. The molecule has 0 unspecified atom stereocenters. The molecular formula is C16H22N4OS. The number of benzene rings is 1. The van der Waals surface area contributed by atoms with Crippen LogP contribution < -0.4 is 15.4 Å². The summed E-state index contributed by atoms with van der Waals surface area (Å²) in [5.41, 5.74) is 1.07. The van der Waals surface area contributed by atoms with Crippen LogP contribution >= 0.6 is 11.3 Å². The largest absolute Gasteiger partial charge is 0.496 e. The number of nitrogens with one attached hydrogen (secondary N) is 2. The van der Waals surface area contributed by atoms with E-state index >= 15 is 0 Å². The number of aromatic nitrogens is 1. The number of aliphatic imine (C=N–C) groups is 1. The van der Waals surface area contributed by atoms with Crippen molar-refractivity contribution in [2.45, 2.75) is 26.9 Å². The van der Waals surface area contributed by atoms with Gasteiger partial charge in [-0.2, -0.15) is 0 Å². The molecule has 0 aliphatic carbocycles. The average molecular weight is 318 g/mol. The van der Waals surface area contributed by atoms with Gasteiger partial charge in [0.2, 0.25) is 0 Å². The molecule has 2 N–H and O–H groups in total. The molecule has 0 fully saturated rings. The Morgan fingerprint density at radius 1 is 1.32 bits per heavy atom. The second kappa shape index (κ2) is 8.38. The van der Waals surface area contributed by atoms with E-state index in [1.54, 1.807) is 18.4 Å². The minimum atomic E-state index is 0.571. The van der Waals surface area contributed by atoms with Gasteiger partial charge in [-0.3, -0.25) is 0 Å². The number of thiazole rings is 1. The van der Waals surface area contributed by atoms with E-state index in [9.17, 15) is 0 Å². The van der Waals surface area contributed by atoms with Crippen molar-refractivity contribution in [3.05, 3.63) is 45.9 Å². The minimum absolute atomic E-state index is 0.571. The minimum Gasteiger partial charge on any atom is -0.496 e. The molecule has 22 heavy (non-hydrogen) atoms. The molecule has 0 bridgehead atoms. The smallest absolute Gasteiger partial charge is 0.191 e. The van der Waals surface area contributed by atoms with E-state index in [0.29, 0.717) is 6.54 Å². The zero-order valence-electron chi connectivity index (χ0n) is 13.2. The summed E-state index contributed by atoms with van der Waals surface area (Å²) in [7, 11) is 1.68. The molecule has 6 heteroatoms. The van der Waals surface area contributed by atoms with Gasteiger partial charge in [0, 0.05) is 23.2 Å². The van der Waals surface area contributed by atoms with E-state index in [1.165, 1.54) is 4.88 Å². The summed E-state index contributed by atoms with van der Waals surface area (Å²) in [6, 6.07) is 7.93. The first kappa shape index (κ1) is 16.3. The number of methoxy groups -OCH3 is 1. The fraction of sp³-hybridized carbons (Fsp3) is 0.375. The standard InChI is InChI=1S/C16H22N4OS/c1-4-17-16(20-11-14-10-18-12(2)22-14)19-9-13-7-5-6-8-15(13)21-3/h5-8,10H,4,9,11H2,1-3H3,(H2,17,19,20). The molecule has 2 aromatic rings. The summed E-state index contributed by atoms with van der Waals surface area (Å²) in [5, 5.41) is 7.65. The van der Waals surface area contributed by atoms with E-state index < -0.39 is 0 Å². The van der Waals surface area contributed by atoms with Gasteiger partial charge in [-0.25, -0.2) is 9.98 Å². The van der Waals surface area contributed by atoms with E-state index in [2.05, 4.69) is 27.5 Å². The van der Waals surface area contributed by atoms with Gasteiger partial charge in [0.15, 0.2) is 5.96 Å². The number of hydrogen-bond donors (Lipinski definition) is 2. The van der Waals surface area contributed by atoms with Crippen LogP contribution in [-0.4, -0.2) is 24.6 Å². The lowest BCUT2D eigenvalue weighted by Gasteiger charge is -2.11. The Hall–Kier alpha value is -2.08. The molecule has 2 rings (SSSR count). The number of guanidine groups is 1. The van der Waals surface area contributed by atoms with E-state index in [4.69, 9.17) is 4.74 Å². The fourth-order valence-electron chi connectivity index (χ4n) is 2.00. The van der Waals surface area contributed by atoms with Crippen LogP contribution in [-0.2, 0) is 13.1 Å². The zero-order chi connectivity index (χ0) is 15.8. The maximum Gasteiger partial charge on any atom is 0.191 e. The highest BCUT2D eigenvalue weighted by Crippen LogP contribution is 2.18. The van der Waals surface area contributed by atoms with Crippen molar-refractivity contribution in [3.8, 4) is 5.75 Å². The summed E-state index contributed by atoms with van der Waals surface area (Å²) in [4.78, 5) is 10.1. The number of rotatable bonds is 6. The Labute approximate surface area is 135 Å². The lowest BCUT2D eigenvalue weighted by Crippen LogP contribution is -2.36. The molecule has 1 aromatic carbocycles. The molecule has 0 aliphatic rings. The molecule has 1 aromatic heterocycles. The maximum absolute atomic E-state index is 5.35. The van der Waals surface area contributed by atoms with Crippen LogP contribution in [0.3, 0.4) is 0 Å². The van der Waals surface area contributed by atoms with Gasteiger partial charge in [-0.05, 0) is 19.9 Å². The Balaban J connectivity index is 2.00. The van der Waals surface area contributed by atoms with Crippen LogP contribution in [0.1, 0.15) is 22.4 Å². The predicted octanol–water partition coefficient (Wildman–Crippen LogP) is 2.72. The van der Waals surface area contributed by atoms with Crippen LogP contribution in [0.4, 0.5) is 0 Å². The molecule has 0 saturated carbocycles. The van der Waals surface area contributed by atoms with Crippen molar-refractivity contribution in [2.24, 2.45) is 4.99 Å². The van der Waals surface area contributed by atoms with Gasteiger partial charge < -0.3 is 15.4 Å². The summed E-state index contributed by atoms with van der Waals surface area (Å²) in [5.74, 6) is 1.65. The van der Waals surface area contributed by atoms with Crippen LogP contribution in [0.2, 0.25) is 0 Å². The lowest BCUT2D eigenvalue weighted by molar-refractivity contribution is 0.410. The van der Waals surface area contributed by atoms with Crippen molar-refractivity contribution in [1.29, 1.82) is 0 Å². The summed E-state index contributed by atoms with van der Waals surface area (Å²) < 4.78 is 5.35. The van der Waals surface area contributed by atoms with Gasteiger partial charge in [0.1, 0.15) is 5.75 Å². The number of ether oxygens (including phenoxy) is 1. The third-order valence-electron chi connectivity index (χ3n) is 3.04. The molecule has 0 amide bonds. The molecule has 0 atom stereocenters. The van der Waals surface area contributed by atoms with Crippen molar-refractivity contribution in [2.75, 3.05) is 13.7 Å². The van der Waals surface area contributed by atoms with Gasteiger partial charge >= 0.3 is 0 Å². The summed E-state index contributed by atoms with van der Waals surface area (Å²) in [6.45, 7) is 6.18. The SMILES string of the molecule is CCNC(=NCc1ccccc1OC)NCc1cnc(C)s1. The van der Waals surface area contributed by atoms with Crippen LogP contribution in [0, 0.1) is 6.92 Å². The number of nitrogens with zero attached hydrogens (tertiary/aromatic N) is 2. The second-order valence-corrected chi connectivity index (χ2v) is 6.03. The molecule has 0 spiro atoms. The Bertz CT molecular complexity index is 624. The van der Waals surface area contributed by atoms with Gasteiger partial charge in [-0.1, -0.05) is 18.2 Å². The fourth-order valence-corrected chi connectivity index (χ4v) is 2.73. The van der Waals surface area contributed by atoms with E-state index in [1.807, 2.05) is 37.4 Å². The van der Waals surface area contributed by atoms with Crippen LogP contribution in [0.5, 0.6) is 5.75 Å². The first-order chi connectivity index (χ1) is 10.7. The first-order valence-corrected chi connectivity index (χ1v) is 8.10. The Kier molecular flexibility index (Phi) is 6.21. The van der Waals surface area contributed by atoms with Crippen LogP contribution in [0.15, 0.2) is 35.5 Å². The number of para-hydroxylation sites is 1. The average Bonchev–Trinajstić information content (AvgIpc) is 2.96. The number of hydrogen-bond acceptors (Lipinski definition) is 4. The topological polar surface area (TPSA) is 58.5 Å². The molecule has 0 radical (unpaired) electrons. The highest BCUT2D eigenvalue weighted by Gasteiger charge is 2.03. The normalized spacial score (nSPS) is 11.3. The maximum atomic E-state index is 5.35. The van der Waals surface area contributed by atoms with Gasteiger partial charge in [-0.15, -0.1) is 11.3 Å². The monoisotopic (exact) mass is 318 g/mol. The van der Waals surface area contributed by atoms with Crippen molar-refractivity contribution >= 4 is 17.3 Å². The quantitative estimate of drug-likeness (QED) is 0.635. The van der Waals surface area contributed by atoms with Gasteiger partial charge in [0.25, 0.3) is 0 Å². The zero-order valence-corrected chi connectivity index (χ0v) is 14.0. The van der Waals surface area contributed by atoms with Crippen molar-refractivity contribution < 1.29 is 4.74 Å². The highest BCUT2D eigenvalue weighted by atomic mass is 32.1. The van der Waals surface area contributed by atoms with Gasteiger partial charge in [0.05, 0.1) is 25.2 Å². The van der Waals surface area contributed by atoms with E-state index in [0.717, 1.165) is 35.4 Å². The van der Waals surface area contributed by atoms with E-state index in [-0.39, 0.29) is 0 Å². The third kappa shape index (κ3) is 4.73. The summed E-state index contributed by atoms with van der Waals surface area (Å²) in [6.07, 6.45) is 1.90. The molecular weight excluding hydrogens is 296 g/mol. The predicted molar refractivity (Wildman–Crippen MR) is 91.5 cm³/mol. The molecule has 0 aliphatic heterocycles. The number of aryl methyl sites for hydroxylation is 1. The van der Waals surface area contributed by atoms with Crippen LogP contribution in [0.25, 0.3) is 0 Å². The van der Waals surface area contributed by atoms with Crippen molar-refractivity contribution in [3.63, 3.8) is 0 Å². The molecule has 118 valence electrons. The lowest BCUT2D eigenvalue weighted by atomic mass is 10.2. The highest BCUT2D eigenvalue weighted by molar-refractivity contribution is 7.11.